The van der Waals surface area contributed by atoms with Crippen LogP contribution >= 0.6 is 0 Å². The summed E-state index contributed by atoms with van der Waals surface area (Å²) < 4.78 is 18.0. The van der Waals surface area contributed by atoms with E-state index in [2.05, 4.69) is 10.2 Å². The summed E-state index contributed by atoms with van der Waals surface area (Å²) in [5.41, 5.74) is 2.56. The fourth-order valence-electron chi connectivity index (χ4n) is 3.25. The number of esters is 1. The lowest BCUT2D eigenvalue weighted by Crippen LogP contribution is -2.41. The number of ether oxygens (including phenoxy) is 1. The van der Waals surface area contributed by atoms with Crippen molar-refractivity contribution in [1.29, 1.82) is 0 Å². The van der Waals surface area contributed by atoms with Crippen LogP contribution in [0.4, 0.5) is 10.1 Å². The monoisotopic (exact) mass is 342 g/mol. The van der Waals surface area contributed by atoms with Crippen molar-refractivity contribution in [1.82, 2.24) is 4.90 Å². The van der Waals surface area contributed by atoms with E-state index in [1.807, 2.05) is 18.2 Å². The summed E-state index contributed by atoms with van der Waals surface area (Å²) in [6.45, 7) is 2.79. The second-order valence-corrected chi connectivity index (χ2v) is 6.42. The van der Waals surface area contributed by atoms with Gasteiger partial charge in [0.1, 0.15) is 5.82 Å². The molecular weight excluding hydrogens is 319 g/mol. The van der Waals surface area contributed by atoms with Crippen molar-refractivity contribution < 1.29 is 13.9 Å². The Morgan fingerprint density at radius 3 is 2.80 bits per heavy atom. The number of likely N-dealkylation sites (tertiary alicyclic amines) is 1. The summed E-state index contributed by atoms with van der Waals surface area (Å²) >= 11 is 0. The first-order valence-corrected chi connectivity index (χ1v) is 8.56. The highest BCUT2D eigenvalue weighted by molar-refractivity contribution is 5.89. The molecule has 1 fully saturated rings. The number of carbonyl (C=O) groups excluding carboxylic acids is 1. The van der Waals surface area contributed by atoms with Gasteiger partial charge in [-0.1, -0.05) is 18.2 Å². The number of carbonyl (C=O) groups is 1. The number of methoxy groups -OCH3 is 1. The largest absolute Gasteiger partial charge is 0.465 e. The maximum atomic E-state index is 13.3. The Labute approximate surface area is 147 Å². The molecule has 4 nitrogen and oxygen atoms in total. The second-order valence-electron chi connectivity index (χ2n) is 6.42. The summed E-state index contributed by atoms with van der Waals surface area (Å²) in [5.74, 6) is -0.535. The van der Waals surface area contributed by atoms with Crippen LogP contribution in [0, 0.1) is 5.82 Å². The lowest BCUT2D eigenvalue weighted by atomic mass is 10.0. The van der Waals surface area contributed by atoms with Crippen molar-refractivity contribution in [2.75, 3.05) is 25.5 Å². The van der Waals surface area contributed by atoms with Crippen molar-refractivity contribution in [3.8, 4) is 0 Å². The minimum atomic E-state index is -0.316. The van der Waals surface area contributed by atoms with Crippen LogP contribution in [0.2, 0.25) is 0 Å². The van der Waals surface area contributed by atoms with Gasteiger partial charge in [-0.25, -0.2) is 9.18 Å². The lowest BCUT2D eigenvalue weighted by Gasteiger charge is -2.33. The lowest BCUT2D eigenvalue weighted by molar-refractivity contribution is 0.0600. The van der Waals surface area contributed by atoms with Crippen LogP contribution in [-0.4, -0.2) is 37.1 Å². The molecule has 1 heterocycles. The third-order valence-corrected chi connectivity index (χ3v) is 4.48. The highest BCUT2D eigenvalue weighted by Crippen LogP contribution is 2.19. The molecule has 132 valence electrons. The van der Waals surface area contributed by atoms with E-state index in [0.717, 1.165) is 38.2 Å². The van der Waals surface area contributed by atoms with Crippen molar-refractivity contribution in [3.05, 3.63) is 65.5 Å². The van der Waals surface area contributed by atoms with Crippen molar-refractivity contribution >= 4 is 11.7 Å². The number of nitrogens with zero attached hydrogens (tertiary/aromatic N) is 1. The highest BCUT2D eigenvalue weighted by atomic mass is 19.1. The minimum Gasteiger partial charge on any atom is -0.465 e. The molecule has 2 aromatic carbocycles. The average Bonchev–Trinajstić information content (AvgIpc) is 2.62. The zero-order valence-corrected chi connectivity index (χ0v) is 14.4. The van der Waals surface area contributed by atoms with E-state index >= 15 is 0 Å². The van der Waals surface area contributed by atoms with Crippen LogP contribution in [0.15, 0.2) is 48.5 Å². The zero-order chi connectivity index (χ0) is 17.6. The quantitative estimate of drug-likeness (QED) is 0.842. The van der Waals surface area contributed by atoms with E-state index in [4.69, 9.17) is 4.74 Å². The van der Waals surface area contributed by atoms with E-state index in [1.54, 1.807) is 18.2 Å². The van der Waals surface area contributed by atoms with Gasteiger partial charge in [-0.15, -0.1) is 0 Å². The van der Waals surface area contributed by atoms with Crippen molar-refractivity contribution in [2.45, 2.75) is 25.4 Å². The van der Waals surface area contributed by atoms with Gasteiger partial charge in [0.25, 0.3) is 0 Å². The number of hydrogen-bond donors (Lipinski definition) is 1. The van der Waals surface area contributed by atoms with Crippen LogP contribution in [-0.2, 0) is 11.3 Å². The summed E-state index contributed by atoms with van der Waals surface area (Å²) in [5, 5.41) is 3.43. The molecule has 1 aliphatic rings. The van der Waals surface area contributed by atoms with Gasteiger partial charge in [-0.05, 0) is 55.3 Å². The maximum absolute atomic E-state index is 13.3. The van der Waals surface area contributed by atoms with Crippen LogP contribution in [0.3, 0.4) is 0 Å². The topological polar surface area (TPSA) is 41.6 Å². The molecule has 2 aromatic rings. The third-order valence-electron chi connectivity index (χ3n) is 4.48. The standard InChI is InChI=1S/C20H23FN2O2/c1-25-20(24)16-9-7-15(8-10-16)13-23-11-3-6-19(14-23)22-18-5-2-4-17(21)12-18/h2,4-5,7-10,12,19,22H,3,6,11,13-14H2,1H3. The van der Waals surface area contributed by atoms with Gasteiger partial charge in [0.2, 0.25) is 0 Å². The van der Waals surface area contributed by atoms with Crippen LogP contribution in [0.5, 0.6) is 0 Å². The number of halogens is 1. The Balaban J connectivity index is 1.57. The molecule has 0 saturated carbocycles. The molecule has 0 aromatic heterocycles. The van der Waals surface area contributed by atoms with Gasteiger partial charge in [-0.3, -0.25) is 4.90 Å². The molecule has 0 radical (unpaired) electrons. The zero-order valence-electron chi connectivity index (χ0n) is 14.4. The fourth-order valence-corrected chi connectivity index (χ4v) is 3.25. The molecule has 5 heteroatoms. The molecule has 3 rings (SSSR count). The maximum Gasteiger partial charge on any atom is 0.337 e. The third kappa shape index (κ3) is 4.79. The van der Waals surface area contributed by atoms with Crippen molar-refractivity contribution in [2.24, 2.45) is 0 Å². The van der Waals surface area contributed by atoms with E-state index in [-0.39, 0.29) is 11.8 Å². The van der Waals surface area contributed by atoms with Gasteiger partial charge in [-0.2, -0.15) is 0 Å². The Hall–Kier alpha value is -2.40. The first kappa shape index (κ1) is 17.4. The molecular formula is C20H23FN2O2. The predicted octanol–water partition coefficient (Wildman–Crippen LogP) is 3.69. The predicted molar refractivity (Wildman–Crippen MR) is 96.1 cm³/mol. The van der Waals surface area contributed by atoms with E-state index in [9.17, 15) is 9.18 Å². The molecule has 25 heavy (non-hydrogen) atoms. The molecule has 0 amide bonds. The summed E-state index contributed by atoms with van der Waals surface area (Å²) in [7, 11) is 1.38. The Kier molecular flexibility index (Phi) is 5.66. The molecule has 1 N–H and O–H groups in total. The molecule has 0 bridgehead atoms. The SMILES string of the molecule is COC(=O)c1ccc(CN2CCCC(Nc3cccc(F)c3)C2)cc1. The van der Waals surface area contributed by atoms with Crippen molar-refractivity contribution in [3.63, 3.8) is 0 Å². The Morgan fingerprint density at radius 1 is 1.28 bits per heavy atom. The Morgan fingerprint density at radius 2 is 2.08 bits per heavy atom. The van der Waals surface area contributed by atoms with E-state index in [0.29, 0.717) is 11.6 Å². The normalized spacial score (nSPS) is 17.9. The number of piperidine rings is 1. The van der Waals surface area contributed by atoms with Gasteiger partial charge in [0.05, 0.1) is 12.7 Å². The summed E-state index contributed by atoms with van der Waals surface area (Å²) in [4.78, 5) is 13.9. The first-order valence-electron chi connectivity index (χ1n) is 8.56. The van der Waals surface area contributed by atoms with Crippen LogP contribution < -0.4 is 5.32 Å². The molecule has 1 unspecified atom stereocenters. The average molecular weight is 342 g/mol. The molecule has 0 spiro atoms. The molecule has 1 saturated heterocycles. The van der Waals surface area contributed by atoms with E-state index < -0.39 is 0 Å². The minimum absolute atomic E-state index is 0.219. The molecule has 0 aliphatic carbocycles. The second kappa shape index (κ2) is 8.12. The first-order chi connectivity index (χ1) is 12.1. The van der Waals surface area contributed by atoms with Gasteiger partial charge >= 0.3 is 5.97 Å². The van der Waals surface area contributed by atoms with Gasteiger partial charge < -0.3 is 10.1 Å². The smallest absolute Gasteiger partial charge is 0.337 e. The number of benzene rings is 2. The van der Waals surface area contributed by atoms with Crippen LogP contribution in [0.25, 0.3) is 0 Å². The Bertz CT molecular complexity index is 718. The van der Waals surface area contributed by atoms with Crippen LogP contribution in [0.1, 0.15) is 28.8 Å². The summed E-state index contributed by atoms with van der Waals surface area (Å²) in [6.07, 6.45) is 2.18. The van der Waals surface area contributed by atoms with Gasteiger partial charge in [0.15, 0.2) is 0 Å². The molecule has 1 atom stereocenters. The molecule has 1 aliphatic heterocycles. The number of nitrogens with one attached hydrogen (secondary N) is 1. The summed E-state index contributed by atoms with van der Waals surface area (Å²) in [6, 6.07) is 14.5. The van der Waals surface area contributed by atoms with E-state index in [1.165, 1.54) is 24.8 Å². The number of rotatable bonds is 5. The number of anilines is 1. The van der Waals surface area contributed by atoms with Gasteiger partial charge in [0, 0.05) is 24.8 Å². The highest BCUT2D eigenvalue weighted by Gasteiger charge is 2.20. The number of hydrogen-bond acceptors (Lipinski definition) is 4. The fraction of sp³-hybridized carbons (Fsp3) is 0.350.